The molecule has 2 N–H and O–H groups in total. The molecule has 10 nitrogen and oxygen atoms in total. The molecule has 0 aromatic heterocycles. The predicted octanol–water partition coefficient (Wildman–Crippen LogP) is 5.07. The van der Waals surface area contributed by atoms with Crippen molar-refractivity contribution in [3.8, 4) is 11.5 Å². The van der Waals surface area contributed by atoms with E-state index in [0.29, 0.717) is 35.3 Å². The zero-order valence-electron chi connectivity index (χ0n) is 22.5. The van der Waals surface area contributed by atoms with E-state index >= 15 is 0 Å². The van der Waals surface area contributed by atoms with Gasteiger partial charge in [-0.05, 0) is 37.1 Å². The second-order valence-corrected chi connectivity index (χ2v) is 11.5. The lowest BCUT2D eigenvalue weighted by molar-refractivity contribution is -0.386. The second-order valence-electron chi connectivity index (χ2n) is 11.5. The molecule has 10 heteroatoms. The number of phenols is 2. The van der Waals surface area contributed by atoms with Crippen molar-refractivity contribution in [2.75, 3.05) is 27.2 Å². The zero-order valence-corrected chi connectivity index (χ0v) is 22.5. The lowest BCUT2D eigenvalue weighted by Gasteiger charge is -2.26. The maximum absolute atomic E-state index is 11.8. The molecular weight excluding hydrogens is 464 g/mol. The van der Waals surface area contributed by atoms with Crippen molar-refractivity contribution < 1.29 is 20.1 Å². The van der Waals surface area contributed by atoms with Crippen molar-refractivity contribution >= 4 is 11.4 Å². The summed E-state index contributed by atoms with van der Waals surface area (Å²) < 4.78 is 0. The molecule has 0 saturated carbocycles. The molecule has 0 aliphatic rings. The summed E-state index contributed by atoms with van der Waals surface area (Å²) in [6.07, 6.45) is 0. The minimum absolute atomic E-state index is 0.0568. The summed E-state index contributed by atoms with van der Waals surface area (Å²) in [4.78, 5) is 26.5. The number of benzene rings is 2. The van der Waals surface area contributed by atoms with E-state index in [1.54, 1.807) is 0 Å². The molecule has 0 aliphatic heterocycles. The average Bonchev–Trinajstić information content (AvgIpc) is 2.72. The van der Waals surface area contributed by atoms with Gasteiger partial charge < -0.3 is 15.1 Å². The number of hydrogen-bond acceptors (Lipinski definition) is 8. The Morgan fingerprint density at radius 1 is 0.722 bits per heavy atom. The summed E-state index contributed by atoms with van der Waals surface area (Å²) in [5.41, 5.74) is 0.374. The maximum Gasteiger partial charge on any atom is 0.273 e. The topological polar surface area (TPSA) is 133 Å². The summed E-state index contributed by atoms with van der Waals surface area (Å²) in [6.45, 7) is 12.5. The average molecular weight is 503 g/mol. The van der Waals surface area contributed by atoms with Gasteiger partial charge in [0.05, 0.1) is 9.85 Å². The first-order valence-electron chi connectivity index (χ1n) is 11.8. The zero-order chi connectivity index (χ0) is 27.6. The van der Waals surface area contributed by atoms with Crippen LogP contribution >= 0.6 is 0 Å². The van der Waals surface area contributed by atoms with Gasteiger partial charge in [0, 0.05) is 60.6 Å². The molecule has 0 saturated heterocycles. The second kappa shape index (κ2) is 10.8. The van der Waals surface area contributed by atoms with Crippen LogP contribution in [0.5, 0.6) is 11.5 Å². The Labute approximate surface area is 212 Å². The summed E-state index contributed by atoms with van der Waals surface area (Å²) in [7, 11) is 3.80. The van der Waals surface area contributed by atoms with Crippen LogP contribution in [0.2, 0.25) is 0 Å². The highest BCUT2D eigenvalue weighted by atomic mass is 16.6. The number of nitro benzene ring substituents is 2. The minimum Gasteiger partial charge on any atom is -0.508 e. The minimum atomic E-state index is -0.539. The number of rotatable bonds is 9. The summed E-state index contributed by atoms with van der Waals surface area (Å²) in [5.74, 6) is -0.114. The van der Waals surface area contributed by atoms with Crippen LogP contribution in [0.25, 0.3) is 0 Å². The third-order valence-electron chi connectivity index (χ3n) is 6.05. The van der Waals surface area contributed by atoms with Crippen molar-refractivity contribution in [3.63, 3.8) is 0 Å². The highest BCUT2D eigenvalue weighted by molar-refractivity contribution is 5.54. The monoisotopic (exact) mass is 502 g/mol. The number of nitro groups is 2. The largest absolute Gasteiger partial charge is 0.508 e. The number of aromatic hydroxyl groups is 2. The molecule has 198 valence electrons. The Hall–Kier alpha value is -3.24. The van der Waals surface area contributed by atoms with Crippen LogP contribution in [0.3, 0.4) is 0 Å². The highest BCUT2D eigenvalue weighted by Crippen LogP contribution is 2.38. The van der Waals surface area contributed by atoms with Crippen molar-refractivity contribution in [1.29, 1.82) is 0 Å². The maximum atomic E-state index is 11.8. The van der Waals surface area contributed by atoms with Crippen LogP contribution in [0, 0.1) is 20.2 Å². The Bertz CT molecular complexity index is 1050. The lowest BCUT2D eigenvalue weighted by atomic mass is 9.84. The van der Waals surface area contributed by atoms with E-state index in [2.05, 4.69) is 0 Å². The fourth-order valence-electron chi connectivity index (χ4n) is 4.03. The molecule has 0 aliphatic carbocycles. The quantitative estimate of drug-likeness (QED) is 0.358. The van der Waals surface area contributed by atoms with Crippen LogP contribution in [0.15, 0.2) is 24.3 Å². The molecule has 0 spiro atoms. The van der Waals surface area contributed by atoms with E-state index in [0.717, 1.165) is 0 Å². The summed E-state index contributed by atoms with van der Waals surface area (Å²) in [5, 5.41) is 45.1. The standard InChI is InChI=1S/C26H38N4O6/c1-25(2,3)19-13-23(31)17(11-21(19)29(33)34)15-28(10-9-27(7)8)16-18-12-22(30(35)36)20(14-24(18)32)26(4,5)6/h11-14,31-32H,9-10,15-16H2,1-8H3. The Balaban J connectivity index is 2.52. The normalized spacial score (nSPS) is 12.4. The van der Waals surface area contributed by atoms with Gasteiger partial charge in [0.2, 0.25) is 0 Å². The van der Waals surface area contributed by atoms with Gasteiger partial charge in [-0.1, -0.05) is 41.5 Å². The van der Waals surface area contributed by atoms with Crippen molar-refractivity contribution in [2.24, 2.45) is 0 Å². The first-order valence-corrected chi connectivity index (χ1v) is 11.8. The number of hydrogen-bond donors (Lipinski definition) is 2. The first kappa shape index (κ1) is 29.0. The van der Waals surface area contributed by atoms with E-state index in [9.17, 15) is 30.4 Å². The Morgan fingerprint density at radius 2 is 1.08 bits per heavy atom. The molecule has 0 amide bonds. The smallest absolute Gasteiger partial charge is 0.273 e. The molecule has 0 atom stereocenters. The van der Waals surface area contributed by atoms with E-state index in [1.807, 2.05) is 65.4 Å². The van der Waals surface area contributed by atoms with Gasteiger partial charge in [0.1, 0.15) is 11.5 Å². The molecule has 0 heterocycles. The summed E-state index contributed by atoms with van der Waals surface area (Å²) >= 11 is 0. The molecule has 0 bridgehead atoms. The van der Waals surface area contributed by atoms with E-state index < -0.39 is 20.7 Å². The molecule has 2 aromatic carbocycles. The fourth-order valence-corrected chi connectivity index (χ4v) is 4.03. The van der Waals surface area contributed by atoms with Crippen LogP contribution in [0.4, 0.5) is 11.4 Å². The van der Waals surface area contributed by atoms with Gasteiger partial charge in [-0.15, -0.1) is 0 Å². The predicted molar refractivity (Wildman–Crippen MR) is 140 cm³/mol. The van der Waals surface area contributed by atoms with Crippen LogP contribution in [-0.2, 0) is 23.9 Å². The van der Waals surface area contributed by atoms with Gasteiger partial charge in [-0.2, -0.15) is 0 Å². The third-order valence-corrected chi connectivity index (χ3v) is 6.05. The van der Waals surface area contributed by atoms with Gasteiger partial charge >= 0.3 is 0 Å². The van der Waals surface area contributed by atoms with Crippen LogP contribution in [-0.4, -0.2) is 57.0 Å². The SMILES string of the molecule is CN(C)CCN(Cc1cc([N+](=O)[O-])c(C(C)(C)C)cc1O)Cc1cc([N+](=O)[O-])c(C(C)(C)C)cc1O. The third kappa shape index (κ3) is 7.14. The van der Waals surface area contributed by atoms with Gasteiger partial charge in [0.15, 0.2) is 0 Å². The molecule has 0 radical (unpaired) electrons. The number of phenolic OH excluding ortho intramolecular Hbond substituents is 2. The van der Waals surface area contributed by atoms with Crippen LogP contribution < -0.4 is 0 Å². The molecule has 2 aromatic rings. The van der Waals surface area contributed by atoms with E-state index in [1.165, 1.54) is 24.3 Å². The van der Waals surface area contributed by atoms with Crippen molar-refractivity contribution in [2.45, 2.75) is 65.5 Å². The van der Waals surface area contributed by atoms with E-state index in [-0.39, 0.29) is 36.0 Å². The molecular formula is C26H38N4O6. The molecule has 0 unspecified atom stereocenters. The highest BCUT2D eigenvalue weighted by Gasteiger charge is 2.29. The van der Waals surface area contributed by atoms with Gasteiger partial charge in [-0.3, -0.25) is 25.1 Å². The van der Waals surface area contributed by atoms with E-state index in [4.69, 9.17) is 0 Å². The van der Waals surface area contributed by atoms with Crippen molar-refractivity contribution in [1.82, 2.24) is 9.80 Å². The number of nitrogens with zero attached hydrogens (tertiary/aromatic N) is 4. The van der Waals surface area contributed by atoms with Crippen LogP contribution in [0.1, 0.15) is 63.8 Å². The molecule has 36 heavy (non-hydrogen) atoms. The summed E-state index contributed by atoms with van der Waals surface area (Å²) in [6, 6.07) is 5.67. The Morgan fingerprint density at radius 3 is 1.36 bits per heavy atom. The number of likely N-dealkylation sites (N-methyl/N-ethyl adjacent to an activating group) is 1. The van der Waals surface area contributed by atoms with Gasteiger partial charge in [-0.25, -0.2) is 0 Å². The Kier molecular flexibility index (Phi) is 8.69. The molecule has 0 fully saturated rings. The van der Waals surface area contributed by atoms with Crippen molar-refractivity contribution in [3.05, 3.63) is 66.7 Å². The first-order chi connectivity index (χ1) is 16.4. The fraction of sp³-hybridized carbons (Fsp3) is 0.538. The molecule has 2 rings (SSSR count). The lowest BCUT2D eigenvalue weighted by Crippen LogP contribution is -2.31. The van der Waals surface area contributed by atoms with Gasteiger partial charge in [0.25, 0.3) is 11.4 Å².